The average Bonchev–Trinajstić information content (AvgIpc) is 2.60. The molecule has 23 heavy (non-hydrogen) atoms. The lowest BCUT2D eigenvalue weighted by atomic mass is 9.81. The SMILES string of the molecule is C=C(c1ccc(C)c(N=CCC(CC)CC)c1)C1CCCCC1. The van der Waals surface area contributed by atoms with Gasteiger partial charge in [0.2, 0.25) is 0 Å². The Morgan fingerprint density at radius 2 is 1.91 bits per heavy atom. The van der Waals surface area contributed by atoms with Crippen molar-refractivity contribution in [1.82, 2.24) is 0 Å². The highest BCUT2D eigenvalue weighted by molar-refractivity contribution is 5.71. The summed E-state index contributed by atoms with van der Waals surface area (Å²) in [5.41, 5.74) is 4.98. The van der Waals surface area contributed by atoms with E-state index in [4.69, 9.17) is 4.99 Å². The number of hydrogen-bond acceptors (Lipinski definition) is 1. The van der Waals surface area contributed by atoms with Gasteiger partial charge in [-0.1, -0.05) is 64.7 Å². The van der Waals surface area contributed by atoms with Gasteiger partial charge in [-0.15, -0.1) is 0 Å². The Kier molecular flexibility index (Phi) is 7.08. The van der Waals surface area contributed by atoms with E-state index in [2.05, 4.69) is 51.8 Å². The van der Waals surface area contributed by atoms with Crippen LogP contribution in [-0.2, 0) is 0 Å². The molecule has 126 valence electrons. The first-order valence-corrected chi connectivity index (χ1v) is 9.48. The van der Waals surface area contributed by atoms with Crippen molar-refractivity contribution in [2.75, 3.05) is 0 Å². The third kappa shape index (κ3) is 5.06. The van der Waals surface area contributed by atoms with Gasteiger partial charge in [-0.25, -0.2) is 0 Å². The molecule has 1 saturated carbocycles. The first-order chi connectivity index (χ1) is 11.2. The number of allylic oxidation sites excluding steroid dienone is 1. The second-order valence-corrected chi connectivity index (χ2v) is 7.09. The first kappa shape index (κ1) is 18.0. The van der Waals surface area contributed by atoms with E-state index in [-0.39, 0.29) is 0 Å². The van der Waals surface area contributed by atoms with Crippen LogP contribution in [0, 0.1) is 18.8 Å². The smallest absolute Gasteiger partial charge is 0.0660 e. The molecule has 1 aromatic rings. The van der Waals surface area contributed by atoms with Gasteiger partial charge >= 0.3 is 0 Å². The van der Waals surface area contributed by atoms with Crippen molar-refractivity contribution in [2.24, 2.45) is 16.8 Å². The van der Waals surface area contributed by atoms with E-state index in [0.29, 0.717) is 5.92 Å². The van der Waals surface area contributed by atoms with E-state index in [1.165, 1.54) is 61.6 Å². The molecule has 0 heterocycles. The highest BCUT2D eigenvalue weighted by Gasteiger charge is 2.17. The van der Waals surface area contributed by atoms with Gasteiger partial charge in [-0.2, -0.15) is 0 Å². The van der Waals surface area contributed by atoms with Gasteiger partial charge in [-0.3, -0.25) is 4.99 Å². The Hall–Kier alpha value is -1.37. The summed E-state index contributed by atoms with van der Waals surface area (Å²) in [5.74, 6) is 1.44. The van der Waals surface area contributed by atoms with Crippen LogP contribution in [-0.4, -0.2) is 6.21 Å². The van der Waals surface area contributed by atoms with Crippen molar-refractivity contribution in [3.8, 4) is 0 Å². The molecule has 1 aromatic carbocycles. The van der Waals surface area contributed by atoms with Gasteiger partial charge < -0.3 is 0 Å². The Morgan fingerprint density at radius 1 is 1.22 bits per heavy atom. The average molecular weight is 312 g/mol. The first-order valence-electron chi connectivity index (χ1n) is 9.48. The van der Waals surface area contributed by atoms with Crippen molar-refractivity contribution in [1.29, 1.82) is 0 Å². The molecule has 1 heteroatoms. The fourth-order valence-electron chi connectivity index (χ4n) is 3.56. The monoisotopic (exact) mass is 311 g/mol. The number of aliphatic imine (C=N–C) groups is 1. The second kappa shape index (κ2) is 9.05. The van der Waals surface area contributed by atoms with Gasteiger partial charge in [0.15, 0.2) is 0 Å². The molecule has 0 atom stereocenters. The van der Waals surface area contributed by atoms with E-state index < -0.39 is 0 Å². The van der Waals surface area contributed by atoms with Crippen LogP contribution in [0.2, 0.25) is 0 Å². The molecule has 2 rings (SSSR count). The minimum atomic E-state index is 0.674. The Bertz CT molecular complexity index is 531. The van der Waals surface area contributed by atoms with Crippen LogP contribution in [0.1, 0.15) is 76.3 Å². The molecule has 1 fully saturated rings. The second-order valence-electron chi connectivity index (χ2n) is 7.09. The van der Waals surface area contributed by atoms with E-state index in [9.17, 15) is 0 Å². The molecule has 0 saturated heterocycles. The molecule has 0 unspecified atom stereocenters. The van der Waals surface area contributed by atoms with Crippen molar-refractivity contribution >= 4 is 17.5 Å². The van der Waals surface area contributed by atoms with E-state index in [1.54, 1.807) is 0 Å². The minimum absolute atomic E-state index is 0.674. The molecule has 1 aliphatic rings. The molecule has 0 spiro atoms. The van der Waals surface area contributed by atoms with Crippen LogP contribution in [0.3, 0.4) is 0 Å². The largest absolute Gasteiger partial charge is 0.261 e. The zero-order valence-electron chi connectivity index (χ0n) is 15.3. The fraction of sp³-hybridized carbons (Fsp3) is 0.591. The van der Waals surface area contributed by atoms with Gasteiger partial charge in [-0.05, 0) is 60.8 Å². The topological polar surface area (TPSA) is 12.4 Å². The predicted octanol–water partition coefficient (Wildman–Crippen LogP) is 7.12. The Balaban J connectivity index is 2.08. The van der Waals surface area contributed by atoms with Crippen molar-refractivity contribution in [2.45, 2.75) is 72.1 Å². The summed E-state index contributed by atoms with van der Waals surface area (Å²) in [5, 5.41) is 0. The molecule has 0 aliphatic heterocycles. The van der Waals surface area contributed by atoms with Gasteiger partial charge in [0, 0.05) is 6.21 Å². The molecule has 1 nitrogen and oxygen atoms in total. The standard InChI is InChI=1S/C22H33N/c1-5-19(6-2)14-15-23-22-16-21(13-12-17(22)3)18(4)20-10-8-7-9-11-20/h12-13,15-16,19-20H,4-11,14H2,1-3H3. The minimum Gasteiger partial charge on any atom is -0.261 e. The van der Waals surface area contributed by atoms with Crippen molar-refractivity contribution in [3.05, 3.63) is 35.9 Å². The number of aryl methyl sites for hydroxylation is 1. The summed E-state index contributed by atoms with van der Waals surface area (Å²) in [6.07, 6.45) is 12.4. The number of benzene rings is 1. The van der Waals surface area contributed by atoms with Crippen LogP contribution in [0.15, 0.2) is 29.8 Å². The summed E-state index contributed by atoms with van der Waals surface area (Å²) >= 11 is 0. The predicted molar refractivity (Wildman–Crippen MR) is 104 cm³/mol. The van der Waals surface area contributed by atoms with E-state index >= 15 is 0 Å². The number of rotatable bonds is 7. The van der Waals surface area contributed by atoms with Crippen LogP contribution in [0.4, 0.5) is 5.69 Å². The maximum absolute atomic E-state index is 4.76. The highest BCUT2D eigenvalue weighted by atomic mass is 14.7. The van der Waals surface area contributed by atoms with E-state index in [1.807, 2.05) is 0 Å². The highest BCUT2D eigenvalue weighted by Crippen LogP contribution is 2.35. The van der Waals surface area contributed by atoms with Gasteiger partial charge in [0.05, 0.1) is 5.69 Å². The maximum atomic E-state index is 4.76. The maximum Gasteiger partial charge on any atom is 0.0660 e. The number of nitrogens with zero attached hydrogens (tertiary/aromatic N) is 1. The van der Waals surface area contributed by atoms with Crippen LogP contribution in [0.25, 0.3) is 5.57 Å². The molecule has 0 N–H and O–H groups in total. The third-order valence-corrected chi connectivity index (χ3v) is 5.50. The lowest BCUT2D eigenvalue weighted by Gasteiger charge is -2.24. The molecule has 0 aromatic heterocycles. The molecule has 0 amide bonds. The van der Waals surface area contributed by atoms with Gasteiger partial charge in [0.25, 0.3) is 0 Å². The zero-order valence-corrected chi connectivity index (χ0v) is 15.3. The lowest BCUT2D eigenvalue weighted by Crippen LogP contribution is -2.07. The summed E-state index contributed by atoms with van der Waals surface area (Å²) in [7, 11) is 0. The fourth-order valence-corrected chi connectivity index (χ4v) is 3.56. The lowest BCUT2D eigenvalue weighted by molar-refractivity contribution is 0.430. The van der Waals surface area contributed by atoms with Crippen LogP contribution >= 0.6 is 0 Å². The summed E-state index contributed by atoms with van der Waals surface area (Å²) in [6, 6.07) is 6.68. The Labute approximate surface area is 142 Å². The zero-order chi connectivity index (χ0) is 16.7. The van der Waals surface area contributed by atoms with Crippen molar-refractivity contribution < 1.29 is 0 Å². The normalized spacial score (nSPS) is 16.3. The third-order valence-electron chi connectivity index (χ3n) is 5.50. The van der Waals surface area contributed by atoms with Gasteiger partial charge in [0.1, 0.15) is 0 Å². The molecule has 0 radical (unpaired) electrons. The molecule has 0 bridgehead atoms. The van der Waals surface area contributed by atoms with Crippen LogP contribution in [0.5, 0.6) is 0 Å². The Morgan fingerprint density at radius 3 is 2.57 bits per heavy atom. The summed E-state index contributed by atoms with van der Waals surface area (Å²) in [4.78, 5) is 4.76. The summed E-state index contributed by atoms with van der Waals surface area (Å²) in [6.45, 7) is 11.1. The number of hydrogen-bond donors (Lipinski definition) is 0. The van der Waals surface area contributed by atoms with Crippen LogP contribution < -0.4 is 0 Å². The molecular weight excluding hydrogens is 278 g/mol. The molecule has 1 aliphatic carbocycles. The van der Waals surface area contributed by atoms with Crippen molar-refractivity contribution in [3.63, 3.8) is 0 Å². The summed E-state index contributed by atoms with van der Waals surface area (Å²) < 4.78 is 0. The quantitative estimate of drug-likeness (QED) is 0.475. The van der Waals surface area contributed by atoms with E-state index in [0.717, 1.165) is 18.0 Å². The molecular formula is C22H33N.